The molecule has 0 aliphatic rings. The maximum Gasteiger partial charge on any atom is 0.246 e. The van der Waals surface area contributed by atoms with Crippen molar-refractivity contribution in [1.82, 2.24) is 15.5 Å². The van der Waals surface area contributed by atoms with Gasteiger partial charge in [0.25, 0.3) is 0 Å². The number of nitrogens with zero attached hydrogens (tertiary/aromatic N) is 3. The number of aryl methyl sites for hydroxylation is 1. The van der Waals surface area contributed by atoms with Gasteiger partial charge in [0.1, 0.15) is 6.04 Å². The van der Waals surface area contributed by atoms with E-state index in [2.05, 4.69) is 15.5 Å². The zero-order valence-electron chi connectivity index (χ0n) is 17.0. The Kier molecular flexibility index (Phi) is 6.34. The molecule has 11 heteroatoms. The average Bonchev–Trinajstić information content (AvgIpc) is 3.17. The lowest BCUT2D eigenvalue weighted by molar-refractivity contribution is -0.122. The SMILES string of the molecule is Cc1ccccc1-c1noc(CNC(=O)[C@@H](C)N(c2ccc(F)c(F)c2)S(C)(=O)=O)n1. The highest BCUT2D eigenvalue weighted by atomic mass is 32.2. The summed E-state index contributed by atoms with van der Waals surface area (Å²) in [6.45, 7) is 3.08. The highest BCUT2D eigenvalue weighted by Gasteiger charge is 2.30. The van der Waals surface area contributed by atoms with E-state index in [-0.39, 0.29) is 18.1 Å². The van der Waals surface area contributed by atoms with E-state index in [1.165, 1.54) is 6.92 Å². The predicted octanol–water partition coefficient (Wildman–Crippen LogP) is 2.79. The van der Waals surface area contributed by atoms with Crippen LogP contribution >= 0.6 is 0 Å². The maximum atomic E-state index is 13.6. The molecule has 1 amide bonds. The molecule has 3 rings (SSSR count). The van der Waals surface area contributed by atoms with Gasteiger partial charge in [0.05, 0.1) is 18.5 Å². The summed E-state index contributed by atoms with van der Waals surface area (Å²) in [5, 5.41) is 6.41. The van der Waals surface area contributed by atoms with E-state index in [4.69, 9.17) is 4.52 Å². The van der Waals surface area contributed by atoms with Gasteiger partial charge in [-0.1, -0.05) is 29.4 Å². The van der Waals surface area contributed by atoms with Crippen LogP contribution < -0.4 is 9.62 Å². The number of rotatable bonds is 7. The summed E-state index contributed by atoms with van der Waals surface area (Å²) < 4.78 is 57.1. The second kappa shape index (κ2) is 8.80. The third-order valence-corrected chi connectivity index (χ3v) is 5.76. The van der Waals surface area contributed by atoms with Crippen molar-refractivity contribution in [2.45, 2.75) is 26.4 Å². The third-order valence-electron chi connectivity index (χ3n) is 4.51. The Labute approximate surface area is 177 Å². The Morgan fingerprint density at radius 3 is 2.55 bits per heavy atom. The first kappa shape index (κ1) is 22.3. The fraction of sp³-hybridized carbons (Fsp3) is 0.250. The van der Waals surface area contributed by atoms with Crippen LogP contribution in [0.15, 0.2) is 47.0 Å². The van der Waals surface area contributed by atoms with Crippen LogP contribution in [0.4, 0.5) is 14.5 Å². The van der Waals surface area contributed by atoms with Crippen LogP contribution in [0.5, 0.6) is 0 Å². The number of hydrogen-bond acceptors (Lipinski definition) is 6. The van der Waals surface area contributed by atoms with Gasteiger partial charge in [-0.15, -0.1) is 0 Å². The molecule has 0 radical (unpaired) electrons. The second-order valence-corrected chi connectivity index (χ2v) is 8.74. The highest BCUT2D eigenvalue weighted by Crippen LogP contribution is 2.23. The Hall–Kier alpha value is -3.34. The van der Waals surface area contributed by atoms with E-state index in [0.29, 0.717) is 16.2 Å². The van der Waals surface area contributed by atoms with E-state index in [1.54, 1.807) is 0 Å². The number of aromatic nitrogens is 2. The summed E-state index contributed by atoms with van der Waals surface area (Å²) in [5.74, 6) is -2.57. The summed E-state index contributed by atoms with van der Waals surface area (Å²) in [7, 11) is -3.98. The van der Waals surface area contributed by atoms with Gasteiger partial charge in [-0.2, -0.15) is 4.98 Å². The number of amides is 1. The lowest BCUT2D eigenvalue weighted by atomic mass is 10.1. The van der Waals surface area contributed by atoms with Gasteiger partial charge in [-0.3, -0.25) is 9.10 Å². The number of nitrogens with one attached hydrogen (secondary N) is 1. The smallest absolute Gasteiger partial charge is 0.246 e. The molecule has 0 spiro atoms. The third kappa shape index (κ3) is 5.05. The molecular weight excluding hydrogens is 430 g/mol. The Morgan fingerprint density at radius 1 is 1.19 bits per heavy atom. The van der Waals surface area contributed by atoms with Crippen molar-refractivity contribution in [2.75, 3.05) is 10.6 Å². The van der Waals surface area contributed by atoms with Gasteiger partial charge in [0.2, 0.25) is 27.6 Å². The Balaban J connectivity index is 1.74. The summed E-state index contributed by atoms with van der Waals surface area (Å²) >= 11 is 0. The number of carbonyl (C=O) groups excluding carboxylic acids is 1. The number of benzene rings is 2. The molecule has 31 heavy (non-hydrogen) atoms. The minimum atomic E-state index is -3.98. The molecule has 0 fully saturated rings. The first-order valence-corrected chi connectivity index (χ1v) is 11.0. The van der Waals surface area contributed by atoms with Crippen LogP contribution in [0.1, 0.15) is 18.4 Å². The summed E-state index contributed by atoms with van der Waals surface area (Å²) in [6, 6.07) is 8.77. The van der Waals surface area contributed by atoms with Crippen molar-refractivity contribution in [3.8, 4) is 11.4 Å². The van der Waals surface area contributed by atoms with Crippen molar-refractivity contribution in [3.05, 3.63) is 65.6 Å². The van der Waals surface area contributed by atoms with Crippen molar-refractivity contribution in [1.29, 1.82) is 0 Å². The first-order valence-electron chi connectivity index (χ1n) is 9.18. The molecule has 0 unspecified atom stereocenters. The molecule has 1 atom stereocenters. The summed E-state index contributed by atoms with van der Waals surface area (Å²) in [5.41, 5.74) is 1.55. The molecule has 0 aliphatic heterocycles. The highest BCUT2D eigenvalue weighted by molar-refractivity contribution is 7.92. The monoisotopic (exact) mass is 450 g/mol. The lowest BCUT2D eigenvalue weighted by Crippen LogP contribution is -2.47. The van der Waals surface area contributed by atoms with Gasteiger partial charge in [-0.05, 0) is 31.5 Å². The molecule has 1 heterocycles. The zero-order chi connectivity index (χ0) is 22.8. The van der Waals surface area contributed by atoms with Crippen LogP contribution in [-0.4, -0.2) is 36.8 Å². The number of halogens is 2. The van der Waals surface area contributed by atoms with E-state index in [1.807, 2.05) is 31.2 Å². The van der Waals surface area contributed by atoms with Gasteiger partial charge in [-0.25, -0.2) is 17.2 Å². The first-order chi connectivity index (χ1) is 14.6. The minimum absolute atomic E-state index is 0.123. The van der Waals surface area contributed by atoms with Crippen molar-refractivity contribution >= 4 is 21.6 Å². The Bertz CT molecular complexity index is 1210. The van der Waals surface area contributed by atoms with Gasteiger partial charge >= 0.3 is 0 Å². The van der Waals surface area contributed by atoms with Crippen LogP contribution in [0.25, 0.3) is 11.4 Å². The van der Waals surface area contributed by atoms with Gasteiger partial charge in [0.15, 0.2) is 11.6 Å². The lowest BCUT2D eigenvalue weighted by Gasteiger charge is -2.28. The molecule has 0 saturated carbocycles. The standard InChI is InChI=1S/C20H20F2N4O4S/c1-12-6-4-5-7-15(12)19-24-18(30-25-19)11-23-20(27)13(2)26(31(3,28)29)14-8-9-16(21)17(22)10-14/h4-10,13H,11H2,1-3H3,(H,23,27)/t13-/m1/s1. The van der Waals surface area contributed by atoms with E-state index < -0.39 is 33.6 Å². The molecule has 0 saturated heterocycles. The number of sulfonamides is 1. The topological polar surface area (TPSA) is 105 Å². The molecule has 164 valence electrons. The van der Waals surface area contributed by atoms with Crippen LogP contribution in [0, 0.1) is 18.6 Å². The van der Waals surface area contributed by atoms with Crippen molar-refractivity contribution in [3.63, 3.8) is 0 Å². The summed E-state index contributed by atoms with van der Waals surface area (Å²) in [6.07, 6.45) is 0.866. The van der Waals surface area contributed by atoms with Crippen LogP contribution in [0.3, 0.4) is 0 Å². The largest absolute Gasteiger partial charge is 0.345 e. The molecule has 1 N–H and O–H groups in total. The molecule has 3 aromatic rings. The zero-order valence-corrected chi connectivity index (χ0v) is 17.8. The molecule has 8 nitrogen and oxygen atoms in total. The number of anilines is 1. The Morgan fingerprint density at radius 2 is 1.90 bits per heavy atom. The van der Waals surface area contributed by atoms with E-state index in [9.17, 15) is 22.0 Å². The number of carbonyl (C=O) groups is 1. The van der Waals surface area contributed by atoms with Crippen LogP contribution in [0.2, 0.25) is 0 Å². The fourth-order valence-corrected chi connectivity index (χ4v) is 4.17. The van der Waals surface area contributed by atoms with Crippen molar-refractivity contribution in [2.24, 2.45) is 0 Å². The molecule has 0 aliphatic carbocycles. The number of hydrogen-bond donors (Lipinski definition) is 1. The molecule has 1 aromatic heterocycles. The maximum absolute atomic E-state index is 13.6. The minimum Gasteiger partial charge on any atom is -0.345 e. The van der Waals surface area contributed by atoms with Gasteiger partial charge < -0.3 is 9.84 Å². The molecule has 0 bridgehead atoms. The van der Waals surface area contributed by atoms with Crippen LogP contribution in [-0.2, 0) is 21.4 Å². The van der Waals surface area contributed by atoms with E-state index >= 15 is 0 Å². The molecule has 2 aromatic carbocycles. The van der Waals surface area contributed by atoms with Gasteiger partial charge in [0, 0.05) is 11.6 Å². The fourth-order valence-electron chi connectivity index (χ4n) is 3.00. The average molecular weight is 450 g/mol. The van der Waals surface area contributed by atoms with E-state index in [0.717, 1.165) is 29.5 Å². The quantitative estimate of drug-likeness (QED) is 0.594. The molecular formula is C20H20F2N4O4S. The summed E-state index contributed by atoms with van der Waals surface area (Å²) in [4.78, 5) is 16.8. The normalized spacial score (nSPS) is 12.4. The van der Waals surface area contributed by atoms with Crippen molar-refractivity contribution < 1.29 is 26.5 Å². The second-order valence-electron chi connectivity index (χ2n) is 6.88. The predicted molar refractivity (Wildman–Crippen MR) is 109 cm³/mol.